The van der Waals surface area contributed by atoms with Gasteiger partial charge in [0.05, 0.1) is 5.01 Å². The van der Waals surface area contributed by atoms with Crippen LogP contribution in [-0.2, 0) is 6.42 Å². The van der Waals surface area contributed by atoms with Crippen LogP contribution in [0, 0.1) is 11.7 Å². The number of carbonyl (C=O) groups excluding carboxylic acids is 1. The lowest BCUT2D eigenvalue weighted by molar-refractivity contribution is 0.0937. The smallest absolute Gasteiger partial charge is 0.271 e. The first-order chi connectivity index (χ1) is 12.0. The molecule has 3 aromatic rings. The van der Waals surface area contributed by atoms with Crippen LogP contribution in [0.4, 0.5) is 4.39 Å². The number of imidazole rings is 1. The highest BCUT2D eigenvalue weighted by atomic mass is 32.1. The molecule has 130 valence electrons. The monoisotopic (exact) mass is 358 g/mol. The summed E-state index contributed by atoms with van der Waals surface area (Å²) in [6.45, 7) is 4.23. The van der Waals surface area contributed by atoms with E-state index in [2.05, 4.69) is 34.1 Å². The standard InChI is InChI=1S/C18H19FN4OS/c1-11(2)9-15-22-14(10-25-15)18(24)23-16(17-20-7-8-21-17)12-3-5-13(19)6-4-12/h3-8,10-11,16H,9H2,1-2H3,(H,20,21)(H,23,24). The first-order valence-corrected chi connectivity index (χ1v) is 8.91. The summed E-state index contributed by atoms with van der Waals surface area (Å²) in [7, 11) is 0. The zero-order valence-electron chi connectivity index (χ0n) is 14.0. The molecular weight excluding hydrogens is 339 g/mol. The number of hydrogen-bond acceptors (Lipinski definition) is 4. The molecule has 0 aliphatic carbocycles. The van der Waals surface area contributed by atoms with Crippen LogP contribution in [-0.4, -0.2) is 20.9 Å². The van der Waals surface area contributed by atoms with Gasteiger partial charge in [-0.2, -0.15) is 0 Å². The fourth-order valence-electron chi connectivity index (χ4n) is 2.46. The lowest BCUT2D eigenvalue weighted by Gasteiger charge is -2.16. The number of amides is 1. The number of aromatic nitrogens is 3. The Morgan fingerprint density at radius 1 is 1.32 bits per heavy atom. The summed E-state index contributed by atoms with van der Waals surface area (Å²) in [5.41, 5.74) is 1.13. The van der Waals surface area contributed by atoms with Gasteiger partial charge in [-0.3, -0.25) is 4.79 Å². The van der Waals surface area contributed by atoms with E-state index in [-0.39, 0.29) is 11.7 Å². The summed E-state index contributed by atoms with van der Waals surface area (Å²) in [6, 6.07) is 5.49. The number of H-pyrrole nitrogens is 1. The molecule has 0 saturated heterocycles. The molecule has 2 N–H and O–H groups in total. The molecule has 0 saturated carbocycles. The van der Waals surface area contributed by atoms with E-state index in [1.165, 1.54) is 23.5 Å². The molecule has 3 rings (SSSR count). The molecule has 0 spiro atoms. The number of hydrogen-bond donors (Lipinski definition) is 2. The molecule has 0 radical (unpaired) electrons. The Labute approximate surface area is 149 Å². The van der Waals surface area contributed by atoms with E-state index in [9.17, 15) is 9.18 Å². The van der Waals surface area contributed by atoms with Gasteiger partial charge in [0.15, 0.2) is 0 Å². The van der Waals surface area contributed by atoms with Gasteiger partial charge in [-0.1, -0.05) is 26.0 Å². The second-order valence-corrected chi connectivity index (χ2v) is 7.10. The van der Waals surface area contributed by atoms with Crippen molar-refractivity contribution in [1.29, 1.82) is 0 Å². The number of nitrogens with zero attached hydrogens (tertiary/aromatic N) is 2. The minimum absolute atomic E-state index is 0.281. The number of rotatable bonds is 6. The van der Waals surface area contributed by atoms with Gasteiger partial charge in [0.1, 0.15) is 23.4 Å². The Kier molecular flexibility index (Phi) is 5.23. The minimum Gasteiger partial charge on any atom is -0.347 e. The summed E-state index contributed by atoms with van der Waals surface area (Å²) in [5.74, 6) is 0.456. The molecule has 2 heterocycles. The maximum Gasteiger partial charge on any atom is 0.271 e. The van der Waals surface area contributed by atoms with Crippen LogP contribution in [0.25, 0.3) is 0 Å². The molecule has 0 aliphatic heterocycles. The number of benzene rings is 1. The van der Waals surface area contributed by atoms with Crippen molar-refractivity contribution in [2.45, 2.75) is 26.3 Å². The highest BCUT2D eigenvalue weighted by molar-refractivity contribution is 7.09. The molecule has 25 heavy (non-hydrogen) atoms. The van der Waals surface area contributed by atoms with Gasteiger partial charge < -0.3 is 10.3 Å². The van der Waals surface area contributed by atoms with Crippen LogP contribution >= 0.6 is 11.3 Å². The van der Waals surface area contributed by atoms with E-state index in [1.54, 1.807) is 29.9 Å². The first-order valence-electron chi connectivity index (χ1n) is 8.03. The highest BCUT2D eigenvalue weighted by Crippen LogP contribution is 2.21. The van der Waals surface area contributed by atoms with E-state index in [4.69, 9.17) is 0 Å². The Hall–Kier alpha value is -2.54. The van der Waals surface area contributed by atoms with E-state index in [0.29, 0.717) is 17.4 Å². The van der Waals surface area contributed by atoms with Crippen LogP contribution < -0.4 is 5.32 Å². The predicted octanol–water partition coefficient (Wildman–Crippen LogP) is 3.72. The lowest BCUT2D eigenvalue weighted by Crippen LogP contribution is -2.30. The van der Waals surface area contributed by atoms with Gasteiger partial charge in [0.2, 0.25) is 0 Å². The molecule has 1 aromatic carbocycles. The SMILES string of the molecule is CC(C)Cc1nc(C(=O)NC(c2ccc(F)cc2)c2ncc[nH]2)cs1. The van der Waals surface area contributed by atoms with Crippen molar-refractivity contribution in [2.75, 3.05) is 0 Å². The summed E-state index contributed by atoms with van der Waals surface area (Å²) in [6.07, 6.45) is 4.14. The van der Waals surface area contributed by atoms with Crippen molar-refractivity contribution < 1.29 is 9.18 Å². The number of nitrogens with one attached hydrogen (secondary N) is 2. The van der Waals surface area contributed by atoms with Crippen LogP contribution in [0.2, 0.25) is 0 Å². The van der Waals surface area contributed by atoms with Crippen molar-refractivity contribution in [3.8, 4) is 0 Å². The average Bonchev–Trinajstić information content (AvgIpc) is 3.24. The van der Waals surface area contributed by atoms with E-state index < -0.39 is 6.04 Å². The van der Waals surface area contributed by atoms with Crippen molar-refractivity contribution in [3.05, 3.63) is 69.9 Å². The van der Waals surface area contributed by atoms with Crippen molar-refractivity contribution in [2.24, 2.45) is 5.92 Å². The van der Waals surface area contributed by atoms with Crippen LogP contribution in [0.5, 0.6) is 0 Å². The molecule has 0 aliphatic rings. The fraction of sp³-hybridized carbons (Fsp3) is 0.278. The molecule has 5 nitrogen and oxygen atoms in total. The number of halogens is 1. The molecular formula is C18H19FN4OS. The maximum atomic E-state index is 13.2. The Balaban J connectivity index is 1.81. The first kappa shape index (κ1) is 17.3. The molecule has 1 unspecified atom stereocenters. The zero-order valence-corrected chi connectivity index (χ0v) is 14.8. The minimum atomic E-state index is -0.502. The predicted molar refractivity (Wildman–Crippen MR) is 95.0 cm³/mol. The average molecular weight is 358 g/mol. The Morgan fingerprint density at radius 3 is 2.72 bits per heavy atom. The third kappa shape index (κ3) is 4.30. The quantitative estimate of drug-likeness (QED) is 0.705. The van der Waals surface area contributed by atoms with Crippen molar-refractivity contribution >= 4 is 17.2 Å². The van der Waals surface area contributed by atoms with Gasteiger partial charge in [0.25, 0.3) is 5.91 Å². The molecule has 0 bridgehead atoms. The molecule has 2 aromatic heterocycles. The molecule has 1 atom stereocenters. The molecule has 1 amide bonds. The van der Waals surface area contributed by atoms with E-state index in [1.807, 2.05) is 0 Å². The highest BCUT2D eigenvalue weighted by Gasteiger charge is 2.21. The normalized spacial score (nSPS) is 12.3. The van der Waals surface area contributed by atoms with Gasteiger partial charge >= 0.3 is 0 Å². The van der Waals surface area contributed by atoms with Gasteiger partial charge in [0, 0.05) is 24.2 Å². The Morgan fingerprint density at radius 2 is 2.08 bits per heavy atom. The number of thiazole rings is 1. The summed E-state index contributed by atoms with van der Waals surface area (Å²) >= 11 is 1.48. The number of aromatic amines is 1. The maximum absolute atomic E-state index is 13.2. The second kappa shape index (κ2) is 7.57. The third-order valence-electron chi connectivity index (χ3n) is 3.64. The summed E-state index contributed by atoms with van der Waals surface area (Å²) in [5, 5.41) is 5.63. The van der Waals surface area contributed by atoms with Crippen LogP contribution in [0.1, 0.15) is 46.8 Å². The summed E-state index contributed by atoms with van der Waals surface area (Å²) in [4.78, 5) is 24.2. The zero-order chi connectivity index (χ0) is 17.8. The van der Waals surface area contributed by atoms with Gasteiger partial charge in [-0.15, -0.1) is 11.3 Å². The van der Waals surface area contributed by atoms with Gasteiger partial charge in [-0.25, -0.2) is 14.4 Å². The topological polar surface area (TPSA) is 70.7 Å². The second-order valence-electron chi connectivity index (χ2n) is 6.16. The third-order valence-corrected chi connectivity index (χ3v) is 4.51. The van der Waals surface area contributed by atoms with E-state index in [0.717, 1.165) is 17.0 Å². The van der Waals surface area contributed by atoms with E-state index >= 15 is 0 Å². The van der Waals surface area contributed by atoms with Crippen molar-refractivity contribution in [3.63, 3.8) is 0 Å². The fourth-order valence-corrected chi connectivity index (χ4v) is 3.45. The van der Waals surface area contributed by atoms with Crippen LogP contribution in [0.3, 0.4) is 0 Å². The lowest BCUT2D eigenvalue weighted by atomic mass is 10.1. The Bertz CT molecular complexity index is 827. The largest absolute Gasteiger partial charge is 0.347 e. The van der Waals surface area contributed by atoms with Gasteiger partial charge in [-0.05, 0) is 23.6 Å². The van der Waals surface area contributed by atoms with Crippen LogP contribution in [0.15, 0.2) is 42.0 Å². The summed E-state index contributed by atoms with van der Waals surface area (Å²) < 4.78 is 13.2. The number of carbonyl (C=O) groups is 1. The molecule has 7 heteroatoms. The van der Waals surface area contributed by atoms with Crippen molar-refractivity contribution in [1.82, 2.24) is 20.3 Å². The molecule has 0 fully saturated rings.